The lowest BCUT2D eigenvalue weighted by atomic mass is 10.2. The fourth-order valence-electron chi connectivity index (χ4n) is 2.00. The van der Waals surface area contributed by atoms with E-state index in [2.05, 4.69) is 5.32 Å². The molecule has 0 radical (unpaired) electrons. The van der Waals surface area contributed by atoms with Crippen LogP contribution in [0.4, 0.5) is 8.78 Å². The minimum atomic E-state index is -0.734. The third kappa shape index (κ3) is 3.52. The Morgan fingerprint density at radius 3 is 2.43 bits per heavy atom. The fourth-order valence-corrected chi connectivity index (χ4v) is 2.17. The maximum Gasteiger partial charge on any atom is 0.198 e. The van der Waals surface area contributed by atoms with Crippen LogP contribution in [0.5, 0.6) is 11.5 Å². The van der Waals surface area contributed by atoms with Gasteiger partial charge in [0.1, 0.15) is 5.75 Å². The highest BCUT2D eigenvalue weighted by atomic mass is 35.5. The highest BCUT2D eigenvalue weighted by Gasteiger charge is 2.21. The van der Waals surface area contributed by atoms with E-state index in [0.29, 0.717) is 23.2 Å². The zero-order valence-electron chi connectivity index (χ0n) is 11.2. The second-order valence-corrected chi connectivity index (χ2v) is 5.48. The summed E-state index contributed by atoms with van der Waals surface area (Å²) in [6.45, 7) is 0.449. The van der Waals surface area contributed by atoms with Crippen molar-refractivity contribution < 1.29 is 13.5 Å². The van der Waals surface area contributed by atoms with Crippen molar-refractivity contribution in [3.8, 4) is 11.5 Å². The molecule has 0 spiro atoms. The van der Waals surface area contributed by atoms with E-state index in [1.54, 1.807) is 24.3 Å². The Morgan fingerprint density at radius 1 is 1.14 bits per heavy atom. The van der Waals surface area contributed by atoms with Gasteiger partial charge in [-0.25, -0.2) is 8.78 Å². The lowest BCUT2D eigenvalue weighted by Crippen LogP contribution is -2.15. The molecule has 0 bridgehead atoms. The van der Waals surface area contributed by atoms with Crippen LogP contribution < -0.4 is 10.1 Å². The normalized spacial score (nSPS) is 14.2. The van der Waals surface area contributed by atoms with Crippen molar-refractivity contribution in [2.75, 3.05) is 0 Å². The summed E-state index contributed by atoms with van der Waals surface area (Å²) in [7, 11) is 0. The van der Waals surface area contributed by atoms with Gasteiger partial charge in [-0.2, -0.15) is 0 Å². The first-order valence-electron chi connectivity index (χ1n) is 6.77. The molecule has 21 heavy (non-hydrogen) atoms. The van der Waals surface area contributed by atoms with Gasteiger partial charge in [-0.3, -0.25) is 0 Å². The zero-order chi connectivity index (χ0) is 14.8. The van der Waals surface area contributed by atoms with E-state index in [0.717, 1.165) is 12.8 Å². The number of para-hydroxylation sites is 1. The molecule has 0 unspecified atom stereocenters. The summed E-state index contributed by atoms with van der Waals surface area (Å²) in [6, 6.07) is 9.61. The van der Waals surface area contributed by atoms with E-state index in [1.165, 1.54) is 12.1 Å². The van der Waals surface area contributed by atoms with Gasteiger partial charge >= 0.3 is 0 Å². The maximum atomic E-state index is 14.0. The van der Waals surface area contributed by atoms with Crippen LogP contribution in [0.15, 0.2) is 36.4 Å². The molecule has 0 aliphatic heterocycles. The Balaban J connectivity index is 1.80. The second-order valence-electron chi connectivity index (χ2n) is 5.08. The summed E-state index contributed by atoms with van der Waals surface area (Å²) < 4.78 is 33.3. The van der Waals surface area contributed by atoms with Crippen LogP contribution in [0.1, 0.15) is 18.4 Å². The molecule has 5 heteroatoms. The monoisotopic (exact) mass is 309 g/mol. The number of halogens is 3. The van der Waals surface area contributed by atoms with E-state index in [9.17, 15) is 8.78 Å². The topological polar surface area (TPSA) is 21.3 Å². The van der Waals surface area contributed by atoms with Gasteiger partial charge in [0.15, 0.2) is 17.4 Å². The summed E-state index contributed by atoms with van der Waals surface area (Å²) in [5.74, 6) is -1.68. The van der Waals surface area contributed by atoms with Crippen LogP contribution in [0.2, 0.25) is 5.02 Å². The van der Waals surface area contributed by atoms with Crippen LogP contribution in [0, 0.1) is 11.6 Å². The van der Waals surface area contributed by atoms with Crippen molar-refractivity contribution in [2.24, 2.45) is 0 Å². The predicted molar refractivity (Wildman–Crippen MR) is 77.7 cm³/mol. The maximum absolute atomic E-state index is 14.0. The molecule has 0 atom stereocenters. The number of rotatable bonds is 5. The van der Waals surface area contributed by atoms with E-state index >= 15 is 0 Å². The Bertz CT molecular complexity index is 635. The summed E-state index contributed by atoms with van der Waals surface area (Å²) in [5, 5.41) is 3.51. The molecule has 1 saturated carbocycles. The molecule has 0 aromatic heterocycles. The molecule has 0 saturated heterocycles. The molecule has 0 amide bonds. The van der Waals surface area contributed by atoms with E-state index in [1.807, 2.05) is 0 Å². The molecule has 2 aromatic carbocycles. The van der Waals surface area contributed by atoms with Gasteiger partial charge < -0.3 is 10.1 Å². The number of nitrogens with one attached hydrogen (secondary N) is 1. The Labute approximate surface area is 126 Å². The first-order valence-corrected chi connectivity index (χ1v) is 7.15. The van der Waals surface area contributed by atoms with Gasteiger partial charge in [-0.1, -0.05) is 23.7 Å². The Hall–Kier alpha value is -1.65. The third-order valence-electron chi connectivity index (χ3n) is 3.28. The number of ether oxygens (including phenoxy) is 1. The average molecular weight is 310 g/mol. The molecule has 1 N–H and O–H groups in total. The summed E-state index contributed by atoms with van der Waals surface area (Å²) >= 11 is 5.92. The standard InChI is InChI=1S/C16H14ClF2NO/c17-12-3-1-2-4-15(12)21-16-13(18)7-10(8-14(16)19)9-20-11-5-6-11/h1-4,7-8,11,20H,5-6,9H2. The molecular weight excluding hydrogens is 296 g/mol. The van der Waals surface area contributed by atoms with Gasteiger partial charge in [0, 0.05) is 12.6 Å². The lowest BCUT2D eigenvalue weighted by molar-refractivity contribution is 0.406. The van der Waals surface area contributed by atoms with Crippen LogP contribution in [0.3, 0.4) is 0 Å². The minimum absolute atomic E-state index is 0.223. The van der Waals surface area contributed by atoms with Gasteiger partial charge in [-0.05, 0) is 42.7 Å². The van der Waals surface area contributed by atoms with Crippen molar-refractivity contribution in [2.45, 2.75) is 25.4 Å². The molecule has 1 fully saturated rings. The predicted octanol–water partition coefficient (Wildman–Crippen LogP) is 4.66. The Kier molecular flexibility index (Phi) is 4.08. The third-order valence-corrected chi connectivity index (χ3v) is 3.59. The summed E-state index contributed by atoms with van der Waals surface area (Å²) in [5.41, 5.74) is 0.559. The average Bonchev–Trinajstić information content (AvgIpc) is 3.26. The number of benzene rings is 2. The molecular formula is C16H14ClF2NO. The van der Waals surface area contributed by atoms with Crippen molar-refractivity contribution in [3.05, 3.63) is 58.6 Å². The second kappa shape index (κ2) is 6.00. The molecule has 2 aromatic rings. The van der Waals surface area contributed by atoms with Crippen LogP contribution in [-0.4, -0.2) is 6.04 Å². The zero-order valence-corrected chi connectivity index (χ0v) is 12.0. The number of hydrogen-bond donors (Lipinski definition) is 1. The highest BCUT2D eigenvalue weighted by Crippen LogP contribution is 2.33. The Morgan fingerprint density at radius 2 is 1.81 bits per heavy atom. The molecule has 1 aliphatic rings. The minimum Gasteiger partial charge on any atom is -0.450 e. The first kappa shape index (κ1) is 14.3. The van der Waals surface area contributed by atoms with E-state index in [-0.39, 0.29) is 5.75 Å². The smallest absolute Gasteiger partial charge is 0.198 e. The summed E-state index contributed by atoms with van der Waals surface area (Å²) in [4.78, 5) is 0. The van der Waals surface area contributed by atoms with Gasteiger partial charge in [0.25, 0.3) is 0 Å². The molecule has 3 rings (SSSR count). The quantitative estimate of drug-likeness (QED) is 0.867. The van der Waals surface area contributed by atoms with E-state index in [4.69, 9.17) is 16.3 Å². The van der Waals surface area contributed by atoms with Crippen molar-refractivity contribution in [1.29, 1.82) is 0 Å². The highest BCUT2D eigenvalue weighted by molar-refractivity contribution is 6.32. The van der Waals surface area contributed by atoms with Crippen molar-refractivity contribution in [3.63, 3.8) is 0 Å². The van der Waals surface area contributed by atoms with Gasteiger partial charge in [0.05, 0.1) is 5.02 Å². The van der Waals surface area contributed by atoms with Gasteiger partial charge in [0.2, 0.25) is 0 Å². The largest absolute Gasteiger partial charge is 0.450 e. The van der Waals surface area contributed by atoms with Crippen molar-refractivity contribution in [1.82, 2.24) is 5.32 Å². The van der Waals surface area contributed by atoms with Crippen LogP contribution in [-0.2, 0) is 6.54 Å². The van der Waals surface area contributed by atoms with E-state index < -0.39 is 17.4 Å². The fraction of sp³-hybridized carbons (Fsp3) is 0.250. The van der Waals surface area contributed by atoms with Crippen molar-refractivity contribution >= 4 is 11.6 Å². The molecule has 0 heterocycles. The lowest BCUT2D eigenvalue weighted by Gasteiger charge is -2.11. The molecule has 110 valence electrons. The van der Waals surface area contributed by atoms with Crippen LogP contribution >= 0.6 is 11.6 Å². The molecule has 2 nitrogen and oxygen atoms in total. The van der Waals surface area contributed by atoms with Gasteiger partial charge in [-0.15, -0.1) is 0 Å². The summed E-state index contributed by atoms with van der Waals surface area (Å²) in [6.07, 6.45) is 2.25. The van der Waals surface area contributed by atoms with Crippen LogP contribution in [0.25, 0.3) is 0 Å². The number of hydrogen-bond acceptors (Lipinski definition) is 2. The molecule has 1 aliphatic carbocycles. The first-order chi connectivity index (χ1) is 10.1. The SMILES string of the molecule is Fc1cc(CNC2CC2)cc(F)c1Oc1ccccc1Cl.